The third-order valence-corrected chi connectivity index (χ3v) is 7.56. The molecule has 1 heterocycles. The summed E-state index contributed by atoms with van der Waals surface area (Å²) >= 11 is 0. The number of aromatic nitrogens is 1. The van der Waals surface area contributed by atoms with Gasteiger partial charge in [0, 0.05) is 38.1 Å². The molecule has 0 spiro atoms. The molecule has 0 aromatic carbocycles. The number of aromatic amines is 1. The quantitative estimate of drug-likeness (QED) is 0.120. The van der Waals surface area contributed by atoms with Crippen molar-refractivity contribution in [3.8, 4) is 0 Å². The molecule has 224 valence electrons. The van der Waals surface area contributed by atoms with Gasteiger partial charge in [-0.05, 0) is 103 Å². The van der Waals surface area contributed by atoms with Crippen LogP contribution in [0.2, 0.25) is 0 Å². The van der Waals surface area contributed by atoms with Crippen molar-refractivity contribution in [2.75, 3.05) is 66.8 Å². The molecule has 0 unspecified atom stereocenters. The molecule has 0 saturated carbocycles. The molecule has 0 aliphatic heterocycles. The Bertz CT molecular complexity index is 779. The molecule has 1 aromatic heterocycles. The molecule has 1 aromatic rings. The van der Waals surface area contributed by atoms with Crippen LogP contribution in [0.1, 0.15) is 101 Å². The highest BCUT2D eigenvalue weighted by atomic mass is 16.7. The van der Waals surface area contributed by atoms with Crippen molar-refractivity contribution in [1.82, 2.24) is 20.1 Å². The van der Waals surface area contributed by atoms with Crippen LogP contribution < -0.4 is 5.32 Å². The van der Waals surface area contributed by atoms with Gasteiger partial charge in [0.05, 0.1) is 0 Å². The van der Waals surface area contributed by atoms with Gasteiger partial charge in [-0.1, -0.05) is 51.2 Å². The second-order valence-electron chi connectivity index (χ2n) is 11.2. The summed E-state index contributed by atoms with van der Waals surface area (Å²) in [5, 5.41) is 3.10. The van der Waals surface area contributed by atoms with Gasteiger partial charge in [0.25, 0.3) is 0 Å². The number of hydrogen-bond acceptors (Lipinski definition) is 5. The Kier molecular flexibility index (Phi) is 19.0. The van der Waals surface area contributed by atoms with Gasteiger partial charge in [0.1, 0.15) is 6.79 Å². The number of hydrogen-bond donors (Lipinski definition) is 2. The summed E-state index contributed by atoms with van der Waals surface area (Å²) in [5.74, 6) is 0.156. The van der Waals surface area contributed by atoms with E-state index in [2.05, 4.69) is 59.5 Å². The number of nitrogens with zero attached hydrogens (tertiary/aromatic N) is 2. The zero-order chi connectivity index (χ0) is 28.0. The molecule has 0 saturated heterocycles. The highest BCUT2D eigenvalue weighted by Crippen LogP contribution is 2.23. The monoisotopic (exact) mass is 546 g/mol. The number of ether oxygens (including phenoxy) is 2. The van der Waals surface area contributed by atoms with E-state index in [4.69, 9.17) is 9.47 Å². The van der Waals surface area contributed by atoms with Crippen molar-refractivity contribution in [3.05, 3.63) is 29.1 Å². The largest absolute Gasteiger partial charge is 0.364 e. The van der Waals surface area contributed by atoms with E-state index in [1.165, 1.54) is 68.3 Å². The number of unbranched alkanes of at least 4 members (excludes halogenated alkanes) is 6. The highest BCUT2D eigenvalue weighted by Gasteiger charge is 2.12. The van der Waals surface area contributed by atoms with Crippen LogP contribution in [-0.4, -0.2) is 87.5 Å². The molecule has 39 heavy (non-hydrogen) atoms. The van der Waals surface area contributed by atoms with Crippen molar-refractivity contribution in [1.29, 1.82) is 0 Å². The van der Waals surface area contributed by atoms with Crippen molar-refractivity contribution < 1.29 is 14.3 Å². The number of H-pyrrole nitrogens is 1. The van der Waals surface area contributed by atoms with Gasteiger partial charge in [0.2, 0.25) is 5.91 Å². The number of carbonyl (C=O) groups excluding carboxylic acids is 1. The minimum Gasteiger partial charge on any atom is -0.364 e. The third-order valence-electron chi connectivity index (χ3n) is 7.56. The van der Waals surface area contributed by atoms with Crippen molar-refractivity contribution >= 4 is 12.0 Å². The van der Waals surface area contributed by atoms with Gasteiger partial charge in [0.15, 0.2) is 0 Å². The summed E-state index contributed by atoms with van der Waals surface area (Å²) in [7, 11) is 4.42. The molecule has 1 aliphatic rings. The van der Waals surface area contributed by atoms with E-state index in [0.29, 0.717) is 13.2 Å². The molecule has 1 amide bonds. The Balaban J connectivity index is 1.34. The van der Waals surface area contributed by atoms with Crippen LogP contribution in [-0.2, 0) is 27.1 Å². The zero-order valence-corrected chi connectivity index (χ0v) is 25.4. The Morgan fingerprint density at radius 1 is 0.897 bits per heavy atom. The van der Waals surface area contributed by atoms with Crippen molar-refractivity contribution in [3.63, 3.8) is 0 Å². The van der Waals surface area contributed by atoms with Crippen LogP contribution in [0.25, 0.3) is 6.08 Å². The maximum Gasteiger partial charge on any atom is 0.220 e. The first-order valence-corrected chi connectivity index (χ1v) is 15.7. The number of carbonyl (C=O) groups is 1. The summed E-state index contributed by atoms with van der Waals surface area (Å²) < 4.78 is 11.1. The van der Waals surface area contributed by atoms with E-state index in [-0.39, 0.29) is 5.91 Å². The van der Waals surface area contributed by atoms with Crippen LogP contribution in [0.4, 0.5) is 0 Å². The summed E-state index contributed by atoms with van der Waals surface area (Å²) in [5.41, 5.74) is 3.88. The normalized spacial score (nSPS) is 12.9. The predicted octanol–water partition coefficient (Wildman–Crippen LogP) is 5.80. The second kappa shape index (κ2) is 22.1. The molecule has 2 rings (SSSR count). The van der Waals surface area contributed by atoms with Gasteiger partial charge < -0.3 is 29.6 Å². The topological polar surface area (TPSA) is 69.8 Å². The number of amides is 1. The zero-order valence-electron chi connectivity index (χ0n) is 25.4. The first-order chi connectivity index (χ1) is 19.1. The Morgan fingerprint density at radius 3 is 2.31 bits per heavy atom. The van der Waals surface area contributed by atoms with Gasteiger partial charge in [-0.15, -0.1) is 0 Å². The standard InChI is InChI=1S/C32H58N4O3/c1-4-5-6-12-25-38-28-39-26-13-8-7-11-21-35(2)23-15-24-36(3)22-14-20-33-32(37)19-18-29-27-34-31-17-10-9-16-30(29)31/h9,16,27,34H,4-8,10-15,17-26,28H2,1-3H3,(H,33,37). The molecule has 0 radical (unpaired) electrons. The number of allylic oxidation sites excluding steroid dienone is 1. The Hall–Kier alpha value is -1.67. The summed E-state index contributed by atoms with van der Waals surface area (Å²) in [6, 6.07) is 0. The van der Waals surface area contributed by atoms with Crippen LogP contribution in [0.5, 0.6) is 0 Å². The first-order valence-electron chi connectivity index (χ1n) is 15.7. The van der Waals surface area contributed by atoms with Crippen LogP contribution in [0.3, 0.4) is 0 Å². The fraction of sp³-hybridized carbons (Fsp3) is 0.781. The molecule has 7 heteroatoms. The molecule has 0 atom stereocenters. The van der Waals surface area contributed by atoms with Gasteiger partial charge in [-0.25, -0.2) is 0 Å². The number of nitrogens with one attached hydrogen (secondary N) is 2. The minimum atomic E-state index is 0.156. The van der Waals surface area contributed by atoms with E-state index < -0.39 is 0 Å². The third kappa shape index (κ3) is 16.3. The van der Waals surface area contributed by atoms with Crippen LogP contribution >= 0.6 is 0 Å². The van der Waals surface area contributed by atoms with Gasteiger partial charge in [-0.2, -0.15) is 0 Å². The maximum atomic E-state index is 12.3. The Labute approximate surface area is 239 Å². The maximum absolute atomic E-state index is 12.3. The summed E-state index contributed by atoms with van der Waals surface area (Å²) in [6.07, 6.45) is 22.1. The van der Waals surface area contributed by atoms with Crippen LogP contribution in [0.15, 0.2) is 12.3 Å². The second-order valence-corrected chi connectivity index (χ2v) is 11.2. The molecule has 0 fully saturated rings. The lowest BCUT2D eigenvalue weighted by atomic mass is 9.99. The van der Waals surface area contributed by atoms with E-state index in [1.54, 1.807) is 0 Å². The fourth-order valence-corrected chi connectivity index (χ4v) is 5.07. The summed E-state index contributed by atoms with van der Waals surface area (Å²) in [6.45, 7) is 9.50. The van der Waals surface area contributed by atoms with Crippen molar-refractivity contribution in [2.24, 2.45) is 0 Å². The highest BCUT2D eigenvalue weighted by molar-refractivity contribution is 5.76. The lowest BCUT2D eigenvalue weighted by Gasteiger charge is -2.20. The van der Waals surface area contributed by atoms with Crippen LogP contribution in [0, 0.1) is 0 Å². The average molecular weight is 547 g/mol. The Morgan fingerprint density at radius 2 is 1.56 bits per heavy atom. The molecule has 2 N–H and O–H groups in total. The number of aryl methyl sites for hydroxylation is 2. The fourth-order valence-electron chi connectivity index (χ4n) is 5.07. The molecular weight excluding hydrogens is 488 g/mol. The van der Waals surface area contributed by atoms with E-state index in [9.17, 15) is 4.79 Å². The van der Waals surface area contributed by atoms with E-state index in [0.717, 1.165) is 77.9 Å². The SMILES string of the molecule is CCCCCCOCOCCCCCCN(C)CCCN(C)CCCNC(=O)CCc1c[nH]c2c1C=CCC2. The molecule has 7 nitrogen and oxygen atoms in total. The first kappa shape index (κ1) is 33.5. The smallest absolute Gasteiger partial charge is 0.220 e. The van der Waals surface area contributed by atoms with Gasteiger partial charge in [-0.3, -0.25) is 4.79 Å². The predicted molar refractivity (Wildman–Crippen MR) is 163 cm³/mol. The number of rotatable bonds is 25. The average Bonchev–Trinajstić information content (AvgIpc) is 3.35. The lowest BCUT2D eigenvalue weighted by molar-refractivity contribution is -0.121. The van der Waals surface area contributed by atoms with E-state index in [1.807, 2.05) is 0 Å². The minimum absolute atomic E-state index is 0.156. The summed E-state index contributed by atoms with van der Waals surface area (Å²) in [4.78, 5) is 20.5. The number of fused-ring (bicyclic) bond motifs is 1. The molecular formula is C32H58N4O3. The lowest BCUT2D eigenvalue weighted by Crippen LogP contribution is -2.30. The molecule has 0 bridgehead atoms. The van der Waals surface area contributed by atoms with Gasteiger partial charge >= 0.3 is 0 Å². The van der Waals surface area contributed by atoms with E-state index >= 15 is 0 Å². The molecule has 1 aliphatic carbocycles. The van der Waals surface area contributed by atoms with Crippen molar-refractivity contribution in [2.45, 2.75) is 96.8 Å².